The largest absolute Gasteiger partial charge is 0.313 e. The minimum atomic E-state index is 0.738. The Labute approximate surface area is 120 Å². The predicted molar refractivity (Wildman–Crippen MR) is 83.5 cm³/mol. The fourth-order valence-electron chi connectivity index (χ4n) is 4.24. The van der Waals surface area contributed by atoms with Gasteiger partial charge in [0.05, 0.1) is 0 Å². The Bertz CT molecular complexity index is 252. The first-order valence-corrected chi connectivity index (χ1v) is 8.69. The summed E-state index contributed by atoms with van der Waals surface area (Å²) in [5.41, 5.74) is 0. The molecule has 2 heteroatoms. The Morgan fingerprint density at radius 2 is 1.95 bits per heavy atom. The fraction of sp³-hybridized carbons (Fsp3) is 1.00. The monoisotopic (exact) mass is 266 g/mol. The van der Waals surface area contributed by atoms with E-state index >= 15 is 0 Å². The Morgan fingerprint density at radius 3 is 2.68 bits per heavy atom. The first kappa shape index (κ1) is 15.3. The van der Waals surface area contributed by atoms with Crippen molar-refractivity contribution in [3.8, 4) is 0 Å². The van der Waals surface area contributed by atoms with Crippen molar-refractivity contribution in [3.63, 3.8) is 0 Å². The lowest BCUT2D eigenvalue weighted by atomic mass is 9.77. The lowest BCUT2D eigenvalue weighted by molar-refractivity contribution is 0.0764. The summed E-state index contributed by atoms with van der Waals surface area (Å²) in [5, 5.41) is 3.75. The minimum absolute atomic E-state index is 0.738. The topological polar surface area (TPSA) is 15.3 Å². The van der Waals surface area contributed by atoms with Crippen molar-refractivity contribution in [3.05, 3.63) is 0 Å². The number of nitrogens with zero attached hydrogens (tertiary/aromatic N) is 1. The normalized spacial score (nSPS) is 34.4. The van der Waals surface area contributed by atoms with E-state index in [9.17, 15) is 0 Å². The summed E-state index contributed by atoms with van der Waals surface area (Å²) in [6.07, 6.45) is 9.81. The molecule has 0 radical (unpaired) electrons. The van der Waals surface area contributed by atoms with Gasteiger partial charge in [0.1, 0.15) is 0 Å². The van der Waals surface area contributed by atoms with E-state index in [1.54, 1.807) is 0 Å². The van der Waals surface area contributed by atoms with Crippen LogP contribution < -0.4 is 5.32 Å². The molecule has 2 rings (SSSR count). The molecule has 3 unspecified atom stereocenters. The van der Waals surface area contributed by atoms with Crippen molar-refractivity contribution in [1.82, 2.24) is 10.2 Å². The SMILES string of the molecule is CCCC1CN(C2CCCCC2C(C)C)CCCN1. The van der Waals surface area contributed by atoms with E-state index in [1.807, 2.05) is 0 Å². The molecule has 0 spiro atoms. The Morgan fingerprint density at radius 1 is 1.16 bits per heavy atom. The molecule has 1 saturated carbocycles. The van der Waals surface area contributed by atoms with Crippen LogP contribution in [0.4, 0.5) is 0 Å². The van der Waals surface area contributed by atoms with Gasteiger partial charge in [0.25, 0.3) is 0 Å². The van der Waals surface area contributed by atoms with E-state index in [1.165, 1.54) is 64.6 Å². The summed E-state index contributed by atoms with van der Waals surface area (Å²) in [6, 6.07) is 1.61. The predicted octanol–water partition coefficient (Wildman–Crippen LogP) is 3.67. The molecule has 2 fully saturated rings. The molecular weight excluding hydrogens is 232 g/mol. The van der Waals surface area contributed by atoms with E-state index in [-0.39, 0.29) is 0 Å². The number of nitrogens with one attached hydrogen (secondary N) is 1. The molecule has 2 nitrogen and oxygen atoms in total. The number of rotatable bonds is 4. The minimum Gasteiger partial charge on any atom is -0.313 e. The molecule has 0 amide bonds. The van der Waals surface area contributed by atoms with Crippen LogP contribution in [0.25, 0.3) is 0 Å². The van der Waals surface area contributed by atoms with Gasteiger partial charge in [0.15, 0.2) is 0 Å². The quantitative estimate of drug-likeness (QED) is 0.835. The van der Waals surface area contributed by atoms with Gasteiger partial charge in [-0.25, -0.2) is 0 Å². The third kappa shape index (κ3) is 4.19. The smallest absolute Gasteiger partial charge is 0.0195 e. The van der Waals surface area contributed by atoms with Crippen LogP contribution in [0, 0.1) is 11.8 Å². The van der Waals surface area contributed by atoms with Crippen LogP contribution in [-0.4, -0.2) is 36.6 Å². The van der Waals surface area contributed by atoms with E-state index in [2.05, 4.69) is 31.0 Å². The van der Waals surface area contributed by atoms with E-state index < -0.39 is 0 Å². The second kappa shape index (κ2) is 7.64. The summed E-state index contributed by atoms with van der Waals surface area (Å²) in [5.74, 6) is 1.79. The maximum absolute atomic E-state index is 3.75. The number of hydrogen-bond acceptors (Lipinski definition) is 2. The highest BCUT2D eigenvalue weighted by molar-refractivity contribution is 4.88. The van der Waals surface area contributed by atoms with Crippen LogP contribution in [0.15, 0.2) is 0 Å². The molecule has 1 N–H and O–H groups in total. The Kier molecular flexibility index (Phi) is 6.15. The van der Waals surface area contributed by atoms with Gasteiger partial charge in [-0.3, -0.25) is 4.90 Å². The summed E-state index contributed by atoms with van der Waals surface area (Å²) < 4.78 is 0. The van der Waals surface area contributed by atoms with Crippen molar-refractivity contribution in [2.24, 2.45) is 11.8 Å². The van der Waals surface area contributed by atoms with Crippen LogP contribution in [0.3, 0.4) is 0 Å². The molecule has 0 aromatic heterocycles. The van der Waals surface area contributed by atoms with Crippen molar-refractivity contribution in [2.45, 2.75) is 77.8 Å². The van der Waals surface area contributed by atoms with Crippen molar-refractivity contribution in [2.75, 3.05) is 19.6 Å². The lowest BCUT2D eigenvalue weighted by Gasteiger charge is -2.42. The second-order valence-corrected chi connectivity index (χ2v) is 7.05. The highest BCUT2D eigenvalue weighted by Crippen LogP contribution is 2.34. The average Bonchev–Trinajstić information content (AvgIpc) is 2.65. The van der Waals surface area contributed by atoms with Crippen molar-refractivity contribution < 1.29 is 0 Å². The Hall–Kier alpha value is -0.0800. The lowest BCUT2D eigenvalue weighted by Crippen LogP contribution is -2.48. The first-order chi connectivity index (χ1) is 9.22. The van der Waals surface area contributed by atoms with Gasteiger partial charge in [0, 0.05) is 18.6 Å². The average molecular weight is 266 g/mol. The van der Waals surface area contributed by atoms with Gasteiger partial charge in [-0.15, -0.1) is 0 Å². The third-order valence-electron chi connectivity index (χ3n) is 5.25. The van der Waals surface area contributed by atoms with Crippen molar-refractivity contribution >= 4 is 0 Å². The molecule has 19 heavy (non-hydrogen) atoms. The zero-order valence-electron chi connectivity index (χ0n) is 13.3. The fourth-order valence-corrected chi connectivity index (χ4v) is 4.24. The second-order valence-electron chi connectivity index (χ2n) is 7.05. The molecule has 1 heterocycles. The number of hydrogen-bond donors (Lipinski definition) is 1. The zero-order chi connectivity index (χ0) is 13.7. The summed E-state index contributed by atoms with van der Waals surface area (Å²) in [4.78, 5) is 2.85. The molecule has 1 saturated heterocycles. The van der Waals surface area contributed by atoms with Gasteiger partial charge in [-0.2, -0.15) is 0 Å². The van der Waals surface area contributed by atoms with Crippen LogP contribution >= 0.6 is 0 Å². The molecular formula is C17H34N2. The molecule has 1 aliphatic heterocycles. The van der Waals surface area contributed by atoms with Crippen LogP contribution in [-0.2, 0) is 0 Å². The van der Waals surface area contributed by atoms with E-state index in [4.69, 9.17) is 0 Å². The summed E-state index contributed by atoms with van der Waals surface area (Å²) in [7, 11) is 0. The molecule has 112 valence electrons. The zero-order valence-corrected chi connectivity index (χ0v) is 13.3. The van der Waals surface area contributed by atoms with Gasteiger partial charge < -0.3 is 5.32 Å². The van der Waals surface area contributed by atoms with Gasteiger partial charge in [0.2, 0.25) is 0 Å². The molecule has 0 aromatic rings. The van der Waals surface area contributed by atoms with Crippen LogP contribution in [0.2, 0.25) is 0 Å². The van der Waals surface area contributed by atoms with Crippen LogP contribution in [0.1, 0.15) is 65.7 Å². The first-order valence-electron chi connectivity index (χ1n) is 8.69. The summed E-state index contributed by atoms with van der Waals surface area (Å²) >= 11 is 0. The maximum atomic E-state index is 3.75. The molecule has 3 atom stereocenters. The van der Waals surface area contributed by atoms with E-state index in [0.29, 0.717) is 0 Å². The molecule has 0 aromatic carbocycles. The van der Waals surface area contributed by atoms with Crippen molar-refractivity contribution in [1.29, 1.82) is 0 Å². The molecule has 0 bridgehead atoms. The standard InChI is InChI=1S/C17H34N2/c1-4-8-15-13-19(12-7-11-18-15)17-10-6-5-9-16(17)14(2)3/h14-18H,4-13H2,1-3H3. The highest BCUT2D eigenvalue weighted by atomic mass is 15.2. The van der Waals surface area contributed by atoms with Crippen LogP contribution in [0.5, 0.6) is 0 Å². The van der Waals surface area contributed by atoms with Gasteiger partial charge >= 0.3 is 0 Å². The third-order valence-corrected chi connectivity index (χ3v) is 5.25. The maximum Gasteiger partial charge on any atom is 0.0195 e. The highest BCUT2D eigenvalue weighted by Gasteiger charge is 2.33. The van der Waals surface area contributed by atoms with E-state index in [0.717, 1.165) is 23.9 Å². The van der Waals surface area contributed by atoms with Gasteiger partial charge in [-0.05, 0) is 50.6 Å². The Balaban J connectivity index is 2.00. The molecule has 2 aliphatic rings. The summed E-state index contributed by atoms with van der Waals surface area (Å²) in [6.45, 7) is 11.0. The molecule has 1 aliphatic carbocycles. The van der Waals surface area contributed by atoms with Gasteiger partial charge in [-0.1, -0.05) is 40.0 Å².